The Balaban J connectivity index is 0.00000288. The van der Waals surface area contributed by atoms with Crippen molar-refractivity contribution in [2.45, 2.75) is 51.0 Å². The highest BCUT2D eigenvalue weighted by Crippen LogP contribution is 2.23. The molecule has 0 radical (unpaired) electrons. The average Bonchev–Trinajstić information content (AvgIpc) is 2.49. The SMILES string of the molecule is Cc1cc(S(=O)(=O)NCCC2CCCNC2)ccc1OC(C)C.Cl. The Morgan fingerprint density at radius 3 is 2.71 bits per heavy atom. The molecule has 2 N–H and O–H groups in total. The average molecular weight is 377 g/mol. The summed E-state index contributed by atoms with van der Waals surface area (Å²) >= 11 is 0. The molecule has 0 amide bonds. The van der Waals surface area contributed by atoms with Gasteiger partial charge in [0.25, 0.3) is 0 Å². The molecule has 1 heterocycles. The predicted molar refractivity (Wildman–Crippen MR) is 99.6 cm³/mol. The van der Waals surface area contributed by atoms with Gasteiger partial charge < -0.3 is 10.1 Å². The molecule has 0 aliphatic carbocycles. The summed E-state index contributed by atoms with van der Waals surface area (Å²) in [5.41, 5.74) is 0.832. The fourth-order valence-electron chi connectivity index (χ4n) is 2.83. The number of halogens is 1. The van der Waals surface area contributed by atoms with Crippen molar-refractivity contribution in [3.8, 4) is 5.75 Å². The van der Waals surface area contributed by atoms with E-state index in [0.717, 1.165) is 30.8 Å². The molecule has 1 fully saturated rings. The Morgan fingerprint density at radius 2 is 2.12 bits per heavy atom. The molecule has 0 spiro atoms. The van der Waals surface area contributed by atoms with Gasteiger partial charge in [-0.1, -0.05) is 0 Å². The fraction of sp³-hybridized carbons (Fsp3) is 0.647. The highest BCUT2D eigenvalue weighted by atomic mass is 35.5. The van der Waals surface area contributed by atoms with Gasteiger partial charge in [0.15, 0.2) is 0 Å². The summed E-state index contributed by atoms with van der Waals surface area (Å²) in [7, 11) is -3.45. The molecule has 0 bridgehead atoms. The second-order valence-corrected chi connectivity index (χ2v) is 8.26. The van der Waals surface area contributed by atoms with Crippen LogP contribution in [0.25, 0.3) is 0 Å². The van der Waals surface area contributed by atoms with E-state index in [-0.39, 0.29) is 18.5 Å². The van der Waals surface area contributed by atoms with Crippen LogP contribution in [0.4, 0.5) is 0 Å². The molecule has 1 unspecified atom stereocenters. The Bertz CT molecular complexity index is 614. The second-order valence-electron chi connectivity index (χ2n) is 6.49. The highest BCUT2D eigenvalue weighted by molar-refractivity contribution is 7.89. The van der Waals surface area contributed by atoms with Crippen LogP contribution in [0.2, 0.25) is 0 Å². The lowest BCUT2D eigenvalue weighted by Crippen LogP contribution is -2.33. The summed E-state index contributed by atoms with van der Waals surface area (Å²) in [6, 6.07) is 5.01. The Hall–Kier alpha value is -0.820. The van der Waals surface area contributed by atoms with Crippen LogP contribution in [0.5, 0.6) is 5.75 Å². The van der Waals surface area contributed by atoms with E-state index in [1.807, 2.05) is 20.8 Å². The molecule has 7 heteroatoms. The number of hydrogen-bond donors (Lipinski definition) is 2. The third-order valence-electron chi connectivity index (χ3n) is 4.06. The number of aryl methyl sites for hydroxylation is 1. The first-order valence-corrected chi connectivity index (χ1v) is 9.84. The summed E-state index contributed by atoms with van der Waals surface area (Å²) in [5.74, 6) is 1.29. The zero-order valence-corrected chi connectivity index (χ0v) is 16.3. The van der Waals surface area contributed by atoms with Gasteiger partial charge in [0.05, 0.1) is 11.0 Å². The molecule has 1 aromatic rings. The number of rotatable bonds is 7. The van der Waals surface area contributed by atoms with Crippen molar-refractivity contribution in [2.24, 2.45) is 5.92 Å². The first-order valence-electron chi connectivity index (χ1n) is 8.36. The number of benzene rings is 1. The van der Waals surface area contributed by atoms with Gasteiger partial charge in [0.1, 0.15) is 5.75 Å². The molecule has 1 aliphatic rings. The van der Waals surface area contributed by atoms with E-state index in [0.29, 0.717) is 17.4 Å². The Labute approximate surface area is 152 Å². The lowest BCUT2D eigenvalue weighted by molar-refractivity contribution is 0.240. The van der Waals surface area contributed by atoms with E-state index in [4.69, 9.17) is 4.74 Å². The fourth-order valence-corrected chi connectivity index (χ4v) is 3.96. The number of nitrogens with one attached hydrogen (secondary N) is 2. The largest absolute Gasteiger partial charge is 0.491 e. The number of hydrogen-bond acceptors (Lipinski definition) is 4. The molecule has 2 rings (SSSR count). The van der Waals surface area contributed by atoms with Crippen molar-refractivity contribution < 1.29 is 13.2 Å². The van der Waals surface area contributed by atoms with Gasteiger partial charge in [0.2, 0.25) is 10.0 Å². The van der Waals surface area contributed by atoms with E-state index >= 15 is 0 Å². The van der Waals surface area contributed by atoms with Gasteiger partial charge >= 0.3 is 0 Å². The standard InChI is InChI=1S/C17H28N2O3S.ClH/c1-13(2)22-17-7-6-16(11-14(17)3)23(20,21)19-10-8-15-5-4-9-18-12-15;/h6-7,11,13,15,18-19H,4-5,8-10,12H2,1-3H3;1H. The number of sulfonamides is 1. The van der Waals surface area contributed by atoms with Gasteiger partial charge in [-0.05, 0) is 82.8 Å². The quantitative estimate of drug-likeness (QED) is 0.767. The van der Waals surface area contributed by atoms with Crippen LogP contribution < -0.4 is 14.8 Å². The van der Waals surface area contributed by atoms with Gasteiger partial charge in [-0.15, -0.1) is 12.4 Å². The third kappa shape index (κ3) is 6.24. The molecule has 138 valence electrons. The third-order valence-corrected chi connectivity index (χ3v) is 5.52. The number of piperidine rings is 1. The minimum atomic E-state index is -3.45. The van der Waals surface area contributed by atoms with Crippen molar-refractivity contribution >= 4 is 22.4 Å². The van der Waals surface area contributed by atoms with Crippen molar-refractivity contribution in [1.29, 1.82) is 0 Å². The minimum absolute atomic E-state index is 0. The van der Waals surface area contributed by atoms with Crippen molar-refractivity contribution in [2.75, 3.05) is 19.6 Å². The topological polar surface area (TPSA) is 67.4 Å². The van der Waals surface area contributed by atoms with Crippen molar-refractivity contribution in [3.05, 3.63) is 23.8 Å². The molecule has 24 heavy (non-hydrogen) atoms. The van der Waals surface area contributed by atoms with E-state index in [1.165, 1.54) is 12.8 Å². The normalized spacial score (nSPS) is 18.2. The summed E-state index contributed by atoms with van der Waals surface area (Å²) in [6.45, 7) is 8.31. The second kappa shape index (κ2) is 9.61. The van der Waals surface area contributed by atoms with E-state index in [2.05, 4.69) is 10.0 Å². The smallest absolute Gasteiger partial charge is 0.240 e. The first-order chi connectivity index (χ1) is 10.9. The predicted octanol–water partition coefficient (Wildman–Crippen LogP) is 2.87. The molecule has 5 nitrogen and oxygen atoms in total. The van der Waals surface area contributed by atoms with Crippen LogP contribution in [0, 0.1) is 12.8 Å². The van der Waals surface area contributed by atoms with Crippen molar-refractivity contribution in [3.63, 3.8) is 0 Å². The minimum Gasteiger partial charge on any atom is -0.491 e. The zero-order valence-electron chi connectivity index (χ0n) is 14.7. The van der Waals surface area contributed by atoms with Crippen LogP contribution in [0.1, 0.15) is 38.7 Å². The zero-order chi connectivity index (χ0) is 16.9. The van der Waals surface area contributed by atoms with Crippen LogP contribution in [0.15, 0.2) is 23.1 Å². The number of ether oxygens (including phenoxy) is 1. The molecule has 0 aromatic heterocycles. The molecule has 1 atom stereocenters. The maximum absolute atomic E-state index is 12.4. The van der Waals surface area contributed by atoms with E-state index in [9.17, 15) is 8.42 Å². The molecule has 0 saturated carbocycles. The van der Waals surface area contributed by atoms with Gasteiger partial charge in [0, 0.05) is 6.54 Å². The molecular weight excluding hydrogens is 348 g/mol. The Kier molecular flexibility index (Phi) is 8.50. The lowest BCUT2D eigenvalue weighted by atomic mass is 9.96. The van der Waals surface area contributed by atoms with Crippen LogP contribution in [-0.4, -0.2) is 34.2 Å². The summed E-state index contributed by atoms with van der Waals surface area (Å²) in [4.78, 5) is 0.299. The summed E-state index contributed by atoms with van der Waals surface area (Å²) in [6.07, 6.45) is 3.29. The van der Waals surface area contributed by atoms with Crippen molar-refractivity contribution in [1.82, 2.24) is 10.0 Å². The van der Waals surface area contributed by atoms with Gasteiger partial charge in [-0.3, -0.25) is 0 Å². The highest BCUT2D eigenvalue weighted by Gasteiger charge is 2.17. The van der Waals surface area contributed by atoms with E-state index in [1.54, 1.807) is 18.2 Å². The maximum Gasteiger partial charge on any atom is 0.240 e. The van der Waals surface area contributed by atoms with Crippen LogP contribution >= 0.6 is 12.4 Å². The summed E-state index contributed by atoms with van der Waals surface area (Å²) < 4.78 is 33.1. The molecule has 1 aromatic carbocycles. The molecular formula is C17H29ClN2O3S. The van der Waals surface area contributed by atoms with Crippen LogP contribution in [0.3, 0.4) is 0 Å². The lowest BCUT2D eigenvalue weighted by Gasteiger charge is -2.22. The molecule has 1 saturated heterocycles. The van der Waals surface area contributed by atoms with Gasteiger partial charge in [-0.25, -0.2) is 13.1 Å². The van der Waals surface area contributed by atoms with Gasteiger partial charge in [-0.2, -0.15) is 0 Å². The van der Waals surface area contributed by atoms with Crippen LogP contribution in [-0.2, 0) is 10.0 Å². The first kappa shape index (κ1) is 21.2. The van der Waals surface area contributed by atoms with E-state index < -0.39 is 10.0 Å². The monoisotopic (exact) mass is 376 g/mol. The Morgan fingerprint density at radius 1 is 1.38 bits per heavy atom. The maximum atomic E-state index is 12.4. The summed E-state index contributed by atoms with van der Waals surface area (Å²) in [5, 5.41) is 3.35. The molecule has 1 aliphatic heterocycles.